The molecule has 126 valence electrons. The van der Waals surface area contributed by atoms with Gasteiger partial charge in [0.2, 0.25) is 0 Å². The molecule has 0 bridgehead atoms. The molecule has 1 aromatic rings. The van der Waals surface area contributed by atoms with Gasteiger partial charge in [0.25, 0.3) is 0 Å². The van der Waals surface area contributed by atoms with Crippen LogP contribution in [0.5, 0.6) is 5.75 Å². The third-order valence-electron chi connectivity index (χ3n) is 4.13. The van der Waals surface area contributed by atoms with Crippen LogP contribution in [-0.4, -0.2) is 18.5 Å². The average molecular weight is 339 g/mol. The number of rotatable bonds is 6. The number of ether oxygens (including phenoxy) is 2. The Labute approximate surface area is 142 Å². The quantitative estimate of drug-likeness (QED) is 0.438. The summed E-state index contributed by atoms with van der Waals surface area (Å²) in [7, 11) is 0. The molecule has 2 atom stereocenters. The van der Waals surface area contributed by atoms with Gasteiger partial charge in [-0.2, -0.15) is 0 Å². The van der Waals surface area contributed by atoms with Crippen LogP contribution in [-0.2, 0) is 14.3 Å². The van der Waals surface area contributed by atoms with Crippen molar-refractivity contribution in [2.24, 2.45) is 11.8 Å². The molecule has 0 heterocycles. The van der Waals surface area contributed by atoms with Crippen molar-refractivity contribution in [1.29, 1.82) is 0 Å². The average Bonchev–Trinajstić information content (AvgIpc) is 2.55. The highest BCUT2D eigenvalue weighted by Crippen LogP contribution is 2.32. The van der Waals surface area contributed by atoms with E-state index in [4.69, 9.17) is 21.1 Å². The van der Waals surface area contributed by atoms with E-state index in [0.717, 1.165) is 25.7 Å². The smallest absolute Gasteiger partial charge is 0.315 e. The summed E-state index contributed by atoms with van der Waals surface area (Å²) < 4.78 is 10.7. The Kier molecular flexibility index (Phi) is 6.90. The summed E-state index contributed by atoms with van der Waals surface area (Å²) in [5.74, 6) is -1.06. The van der Waals surface area contributed by atoms with Gasteiger partial charge in [-0.15, -0.1) is 0 Å². The van der Waals surface area contributed by atoms with Crippen molar-refractivity contribution in [2.75, 3.05) is 6.61 Å². The molecule has 0 aliphatic heterocycles. The van der Waals surface area contributed by atoms with Gasteiger partial charge < -0.3 is 9.47 Å². The molecule has 2 unspecified atom stereocenters. The minimum absolute atomic E-state index is 0.272. The molecule has 1 saturated carbocycles. The fourth-order valence-electron chi connectivity index (χ4n) is 2.84. The molecule has 0 aromatic heterocycles. The van der Waals surface area contributed by atoms with Crippen LogP contribution in [0, 0.1) is 11.8 Å². The zero-order valence-electron chi connectivity index (χ0n) is 13.4. The Balaban J connectivity index is 1.99. The van der Waals surface area contributed by atoms with Gasteiger partial charge in [0.15, 0.2) is 0 Å². The molecule has 0 N–H and O–H groups in total. The number of hydrogen-bond acceptors (Lipinski definition) is 4. The van der Waals surface area contributed by atoms with Gasteiger partial charge in [0.05, 0.1) is 18.4 Å². The predicted molar refractivity (Wildman–Crippen MR) is 88.4 cm³/mol. The monoisotopic (exact) mass is 338 g/mol. The first-order valence-electron chi connectivity index (χ1n) is 8.25. The number of hydrogen-bond donors (Lipinski definition) is 0. The van der Waals surface area contributed by atoms with Crippen LogP contribution in [0.1, 0.15) is 45.4 Å². The largest absolute Gasteiger partial charge is 0.465 e. The van der Waals surface area contributed by atoms with Crippen LogP contribution in [0.15, 0.2) is 24.3 Å². The van der Waals surface area contributed by atoms with E-state index in [2.05, 4.69) is 0 Å². The highest BCUT2D eigenvalue weighted by molar-refractivity contribution is 6.30. The highest BCUT2D eigenvalue weighted by Gasteiger charge is 2.38. The zero-order valence-corrected chi connectivity index (χ0v) is 14.2. The van der Waals surface area contributed by atoms with Crippen molar-refractivity contribution in [3.63, 3.8) is 0 Å². The molecule has 5 heteroatoms. The molecule has 0 radical (unpaired) electrons. The zero-order chi connectivity index (χ0) is 16.7. The minimum Gasteiger partial charge on any atom is -0.465 e. The van der Waals surface area contributed by atoms with E-state index in [1.807, 2.05) is 6.92 Å². The lowest BCUT2D eigenvalue weighted by Gasteiger charge is -2.28. The van der Waals surface area contributed by atoms with E-state index in [9.17, 15) is 9.59 Å². The van der Waals surface area contributed by atoms with Crippen molar-refractivity contribution >= 4 is 23.5 Å². The molecule has 0 amide bonds. The third kappa shape index (κ3) is 5.24. The third-order valence-corrected chi connectivity index (χ3v) is 4.36. The summed E-state index contributed by atoms with van der Waals surface area (Å²) in [6.07, 6.45) is 5.02. The maximum absolute atomic E-state index is 12.5. The summed E-state index contributed by atoms with van der Waals surface area (Å²) in [5.41, 5.74) is 0. The Morgan fingerprint density at radius 3 is 2.52 bits per heavy atom. The first-order chi connectivity index (χ1) is 11.1. The Morgan fingerprint density at radius 2 is 1.87 bits per heavy atom. The standard InChI is InChI=1S/C18H23ClO4/c1-2-3-11-22-17(20)15-9-4-5-10-16(15)18(21)23-14-8-6-7-13(19)12-14/h6-8,12,15-16H,2-5,9-11H2,1H3. The van der Waals surface area contributed by atoms with Crippen molar-refractivity contribution in [1.82, 2.24) is 0 Å². The van der Waals surface area contributed by atoms with E-state index in [0.29, 0.717) is 30.2 Å². The molecule has 4 nitrogen and oxygen atoms in total. The molecule has 1 aromatic carbocycles. The molecule has 0 saturated heterocycles. The molecular formula is C18H23ClO4. The molecular weight excluding hydrogens is 316 g/mol. The number of unbranched alkanes of at least 4 members (excludes halogenated alkanes) is 1. The predicted octanol–water partition coefficient (Wildman–Crippen LogP) is 4.40. The van der Waals surface area contributed by atoms with Gasteiger partial charge in [-0.25, -0.2) is 0 Å². The maximum atomic E-state index is 12.5. The van der Waals surface area contributed by atoms with Crippen LogP contribution in [0.2, 0.25) is 5.02 Å². The van der Waals surface area contributed by atoms with E-state index in [-0.39, 0.29) is 11.9 Å². The number of carbonyl (C=O) groups excluding carboxylic acids is 2. The highest BCUT2D eigenvalue weighted by atomic mass is 35.5. The van der Waals surface area contributed by atoms with E-state index < -0.39 is 11.8 Å². The van der Waals surface area contributed by atoms with Crippen LogP contribution < -0.4 is 4.74 Å². The first kappa shape index (κ1) is 17.8. The van der Waals surface area contributed by atoms with E-state index >= 15 is 0 Å². The summed E-state index contributed by atoms with van der Waals surface area (Å²) in [6, 6.07) is 6.72. The first-order valence-corrected chi connectivity index (χ1v) is 8.63. The van der Waals surface area contributed by atoms with Gasteiger partial charge in [-0.3, -0.25) is 9.59 Å². The second-order valence-corrected chi connectivity index (χ2v) is 6.33. The molecule has 1 aliphatic rings. The minimum atomic E-state index is -0.433. The summed E-state index contributed by atoms with van der Waals surface area (Å²) in [4.78, 5) is 24.7. The van der Waals surface area contributed by atoms with E-state index in [1.165, 1.54) is 0 Å². The van der Waals surface area contributed by atoms with Gasteiger partial charge in [-0.05, 0) is 37.5 Å². The van der Waals surface area contributed by atoms with Gasteiger partial charge in [-0.1, -0.05) is 43.9 Å². The second-order valence-electron chi connectivity index (χ2n) is 5.90. The molecule has 0 spiro atoms. The van der Waals surface area contributed by atoms with Crippen LogP contribution in [0.4, 0.5) is 0 Å². The Morgan fingerprint density at radius 1 is 1.17 bits per heavy atom. The van der Waals surface area contributed by atoms with Crippen molar-refractivity contribution < 1.29 is 19.1 Å². The fourth-order valence-corrected chi connectivity index (χ4v) is 3.02. The van der Waals surface area contributed by atoms with Crippen LogP contribution in [0.25, 0.3) is 0 Å². The number of benzene rings is 1. The maximum Gasteiger partial charge on any atom is 0.315 e. The Hall–Kier alpha value is -1.55. The van der Waals surface area contributed by atoms with Gasteiger partial charge in [0, 0.05) is 5.02 Å². The fraction of sp³-hybridized carbons (Fsp3) is 0.556. The second kappa shape index (κ2) is 8.92. The Bertz CT molecular complexity index is 544. The molecule has 1 aliphatic carbocycles. The van der Waals surface area contributed by atoms with Crippen LogP contribution in [0.3, 0.4) is 0 Å². The van der Waals surface area contributed by atoms with Crippen molar-refractivity contribution in [2.45, 2.75) is 45.4 Å². The van der Waals surface area contributed by atoms with E-state index in [1.54, 1.807) is 24.3 Å². The number of halogens is 1. The molecule has 2 rings (SSSR count). The summed E-state index contributed by atoms with van der Waals surface area (Å²) in [5, 5.41) is 0.509. The summed E-state index contributed by atoms with van der Waals surface area (Å²) in [6.45, 7) is 2.46. The van der Waals surface area contributed by atoms with Crippen molar-refractivity contribution in [3.05, 3.63) is 29.3 Å². The summed E-state index contributed by atoms with van der Waals surface area (Å²) >= 11 is 5.90. The van der Waals surface area contributed by atoms with Crippen LogP contribution >= 0.6 is 11.6 Å². The SMILES string of the molecule is CCCCOC(=O)C1CCCCC1C(=O)Oc1cccc(Cl)c1. The normalized spacial score (nSPS) is 20.8. The van der Waals surface area contributed by atoms with Gasteiger partial charge in [0.1, 0.15) is 5.75 Å². The van der Waals surface area contributed by atoms with Gasteiger partial charge >= 0.3 is 11.9 Å². The number of carbonyl (C=O) groups is 2. The number of esters is 2. The molecule has 23 heavy (non-hydrogen) atoms. The topological polar surface area (TPSA) is 52.6 Å². The lowest BCUT2D eigenvalue weighted by Crippen LogP contribution is -2.36. The molecule has 1 fully saturated rings. The lowest BCUT2D eigenvalue weighted by molar-refractivity contribution is -0.158. The lowest BCUT2D eigenvalue weighted by atomic mass is 9.79. The van der Waals surface area contributed by atoms with Crippen molar-refractivity contribution in [3.8, 4) is 5.75 Å².